The van der Waals surface area contributed by atoms with E-state index in [9.17, 15) is 9.90 Å². The van der Waals surface area contributed by atoms with Gasteiger partial charge in [0.15, 0.2) is 5.82 Å². The van der Waals surface area contributed by atoms with Crippen LogP contribution in [0.15, 0.2) is 103 Å². The number of carbonyl (C=O) groups is 1. The zero-order valence-corrected chi connectivity index (χ0v) is 35.9. The van der Waals surface area contributed by atoms with Crippen molar-refractivity contribution in [3.8, 4) is 51.2 Å². The zero-order chi connectivity index (χ0) is 43.0. The van der Waals surface area contributed by atoms with Crippen LogP contribution in [-0.4, -0.2) is 99.8 Å². The van der Waals surface area contributed by atoms with Crippen LogP contribution in [0.1, 0.15) is 24.6 Å². The first-order chi connectivity index (χ1) is 29.6. The number of ether oxygens (including phenoxy) is 4. The van der Waals surface area contributed by atoms with Crippen LogP contribution >= 0.6 is 23.1 Å². The number of hydrogen-bond acceptors (Lipinski definition) is 12. The van der Waals surface area contributed by atoms with Gasteiger partial charge in [-0.15, -0.1) is 0 Å². The zero-order valence-electron chi connectivity index (χ0n) is 34.4. The van der Waals surface area contributed by atoms with Gasteiger partial charge in [0.2, 0.25) is 12.0 Å². The molecule has 0 saturated carbocycles. The number of piperazine rings is 1. The van der Waals surface area contributed by atoms with Crippen LogP contribution < -0.4 is 14.2 Å². The number of pyridine rings is 1. The Kier molecular flexibility index (Phi) is 13.9. The van der Waals surface area contributed by atoms with E-state index in [1.165, 1.54) is 6.07 Å². The van der Waals surface area contributed by atoms with Gasteiger partial charge in [0.1, 0.15) is 30.5 Å². The topological polar surface area (TPSA) is 132 Å². The Bertz CT molecular complexity index is 2580. The number of halogens is 2. The third-order valence-electron chi connectivity index (χ3n) is 10.6. The van der Waals surface area contributed by atoms with Crippen molar-refractivity contribution < 1.29 is 33.2 Å². The van der Waals surface area contributed by atoms with Crippen molar-refractivity contribution in [1.82, 2.24) is 29.1 Å². The molecule has 1 atom stereocenters. The molecule has 12 nitrogen and oxygen atoms in total. The fourth-order valence-corrected chi connectivity index (χ4v) is 8.02. The summed E-state index contributed by atoms with van der Waals surface area (Å²) in [6.07, 6.45) is 3.26. The van der Waals surface area contributed by atoms with E-state index in [1.54, 1.807) is 62.8 Å². The Hall–Kier alpha value is -5.93. The molecule has 1 fully saturated rings. The van der Waals surface area contributed by atoms with Crippen LogP contribution in [0.4, 0.5) is 4.39 Å². The molecule has 15 heteroatoms. The number of para-hydroxylation sites is 1. The summed E-state index contributed by atoms with van der Waals surface area (Å²) >= 11 is 8.12. The number of nitrogens with zero attached hydrogens (tertiary/aromatic N) is 6. The summed E-state index contributed by atoms with van der Waals surface area (Å²) in [6.45, 7) is 12.8. The van der Waals surface area contributed by atoms with Gasteiger partial charge in [0.05, 0.1) is 44.9 Å². The standard InChI is InChI=1S/C46H46ClFN6O6S/c1-6-30(29(3)59-27-31-17-18-49-44(51-31)34-12-8-10-14-36(34)57-5)25-38(46(55)56)60-45-41-39(61-52-45)26-50-43(33-11-7-9-13-35(33)48)40(41)32-15-16-37(42(47)28(32)2)58-24-23-54-21-19-53(4)20-22-54/h6-18,26,38H,1,19-25,27H2,2-5H3,(H,55,56)/b30-29-/t38-/m1/s1. The number of allylic oxidation sites excluding steroid dienone is 2. The number of hydrogen-bond donors (Lipinski definition) is 1. The minimum absolute atomic E-state index is 0.0530. The van der Waals surface area contributed by atoms with Gasteiger partial charge in [-0.3, -0.25) is 9.88 Å². The fraction of sp³-hybridized carbons (Fsp3) is 0.283. The average Bonchev–Trinajstić information content (AvgIpc) is 3.69. The molecule has 1 saturated heterocycles. The summed E-state index contributed by atoms with van der Waals surface area (Å²) in [7, 11) is 3.71. The van der Waals surface area contributed by atoms with E-state index in [4.69, 9.17) is 35.5 Å². The maximum absolute atomic E-state index is 15.6. The number of carboxylic acid groups (broad SMARTS) is 1. The SMILES string of the molecule is C=C/C(C[C@@H](Oc1nsc2cnc(-c3ccccc3F)c(-c3ccc(OCCN4CCN(C)CC4)c(Cl)c3C)c12)C(=O)O)=C(\C)OCc1ccnc(-c2ccccc2OC)n1. The van der Waals surface area contributed by atoms with Gasteiger partial charge in [-0.25, -0.2) is 19.2 Å². The molecule has 0 unspecified atom stereocenters. The van der Waals surface area contributed by atoms with Crippen molar-refractivity contribution >= 4 is 39.2 Å². The number of fused-ring (bicyclic) bond motifs is 1. The van der Waals surface area contributed by atoms with Crippen molar-refractivity contribution in [1.29, 1.82) is 0 Å². The van der Waals surface area contributed by atoms with Crippen LogP contribution in [0.3, 0.4) is 0 Å². The minimum atomic E-state index is -1.41. The molecule has 61 heavy (non-hydrogen) atoms. The summed E-state index contributed by atoms with van der Waals surface area (Å²) in [5, 5.41) is 11.4. The first-order valence-corrected chi connectivity index (χ1v) is 20.9. The third-order valence-corrected chi connectivity index (χ3v) is 11.9. The number of aromatic nitrogens is 4. The average molecular weight is 865 g/mol. The largest absolute Gasteiger partial charge is 0.496 e. The molecule has 1 N–H and O–H groups in total. The van der Waals surface area contributed by atoms with E-state index in [0.29, 0.717) is 78.4 Å². The lowest BCUT2D eigenvalue weighted by atomic mass is 9.93. The molecule has 3 aromatic carbocycles. The molecule has 316 valence electrons. The van der Waals surface area contributed by atoms with Crippen LogP contribution in [0.2, 0.25) is 5.02 Å². The highest BCUT2D eigenvalue weighted by molar-refractivity contribution is 7.13. The molecule has 6 aromatic rings. The lowest BCUT2D eigenvalue weighted by molar-refractivity contribution is -0.145. The van der Waals surface area contributed by atoms with Gasteiger partial charge in [-0.2, -0.15) is 4.37 Å². The molecular formula is C46H46ClFN6O6S. The molecule has 4 heterocycles. The van der Waals surface area contributed by atoms with E-state index in [0.717, 1.165) is 49.8 Å². The second-order valence-corrected chi connectivity index (χ2v) is 15.7. The second-order valence-electron chi connectivity index (χ2n) is 14.5. The molecule has 0 amide bonds. The Morgan fingerprint density at radius 3 is 2.51 bits per heavy atom. The number of methoxy groups -OCH3 is 1. The van der Waals surface area contributed by atoms with Crippen molar-refractivity contribution in [2.45, 2.75) is 33.0 Å². The van der Waals surface area contributed by atoms with Gasteiger partial charge in [0, 0.05) is 62.7 Å². The highest BCUT2D eigenvalue weighted by atomic mass is 35.5. The first kappa shape index (κ1) is 43.2. The molecule has 0 spiro atoms. The van der Waals surface area contributed by atoms with Crippen molar-refractivity contribution in [3.63, 3.8) is 0 Å². The summed E-state index contributed by atoms with van der Waals surface area (Å²) in [5.41, 5.74) is 4.21. The van der Waals surface area contributed by atoms with Crippen LogP contribution in [-0.2, 0) is 16.1 Å². The van der Waals surface area contributed by atoms with Gasteiger partial charge in [0.25, 0.3) is 0 Å². The molecule has 0 aliphatic carbocycles. The number of likely N-dealkylation sites (N-methyl/N-ethyl adjacent to an activating group) is 1. The quantitative estimate of drug-likeness (QED) is 0.0693. The predicted octanol–water partition coefficient (Wildman–Crippen LogP) is 9.12. The number of benzene rings is 3. The van der Waals surface area contributed by atoms with E-state index in [-0.39, 0.29) is 24.5 Å². The highest BCUT2D eigenvalue weighted by Gasteiger charge is 2.28. The van der Waals surface area contributed by atoms with Crippen molar-refractivity contribution in [2.24, 2.45) is 0 Å². The van der Waals surface area contributed by atoms with Gasteiger partial charge >= 0.3 is 5.97 Å². The van der Waals surface area contributed by atoms with Crippen molar-refractivity contribution in [3.05, 3.63) is 125 Å². The Morgan fingerprint density at radius 1 is 1.02 bits per heavy atom. The van der Waals surface area contributed by atoms with Gasteiger partial charge < -0.3 is 29.0 Å². The van der Waals surface area contributed by atoms with E-state index in [2.05, 4.69) is 37.8 Å². The normalized spacial score (nSPS) is 14.3. The molecule has 0 radical (unpaired) electrons. The van der Waals surface area contributed by atoms with Crippen LogP contribution in [0.5, 0.6) is 17.4 Å². The first-order valence-electron chi connectivity index (χ1n) is 19.7. The molecule has 3 aromatic heterocycles. The second kappa shape index (κ2) is 19.6. The fourth-order valence-electron chi connectivity index (χ4n) is 7.11. The van der Waals surface area contributed by atoms with E-state index < -0.39 is 17.9 Å². The van der Waals surface area contributed by atoms with Gasteiger partial charge in [-0.1, -0.05) is 54.6 Å². The smallest absolute Gasteiger partial charge is 0.345 e. The van der Waals surface area contributed by atoms with Crippen LogP contribution in [0.25, 0.3) is 43.9 Å². The Balaban J connectivity index is 1.18. The molecule has 0 bridgehead atoms. The summed E-state index contributed by atoms with van der Waals surface area (Å²) in [5.74, 6) is 0.419. The minimum Gasteiger partial charge on any atom is -0.496 e. The van der Waals surface area contributed by atoms with E-state index in [1.807, 2.05) is 37.3 Å². The lowest BCUT2D eigenvalue weighted by Gasteiger charge is -2.32. The summed E-state index contributed by atoms with van der Waals surface area (Å²) in [4.78, 5) is 31.3. The van der Waals surface area contributed by atoms with Gasteiger partial charge in [-0.05, 0) is 85.5 Å². The predicted molar refractivity (Wildman–Crippen MR) is 236 cm³/mol. The summed E-state index contributed by atoms with van der Waals surface area (Å²) < 4.78 is 44.8. The number of aliphatic carboxylic acids is 1. The monoisotopic (exact) mass is 864 g/mol. The van der Waals surface area contributed by atoms with E-state index >= 15 is 4.39 Å². The maximum atomic E-state index is 15.6. The molecule has 1 aliphatic rings. The molecule has 1 aliphatic heterocycles. The number of rotatable bonds is 17. The van der Waals surface area contributed by atoms with Crippen molar-refractivity contribution in [2.75, 3.05) is 53.5 Å². The maximum Gasteiger partial charge on any atom is 0.345 e. The Labute approximate surface area is 363 Å². The highest BCUT2D eigenvalue weighted by Crippen LogP contribution is 2.46. The number of carboxylic acids is 1. The third kappa shape index (κ3) is 9.84. The summed E-state index contributed by atoms with van der Waals surface area (Å²) in [6, 6.07) is 19.2. The van der Waals surface area contributed by atoms with Crippen LogP contribution in [0, 0.1) is 12.7 Å². The molecular weight excluding hydrogens is 819 g/mol. The molecule has 7 rings (SSSR count). The Morgan fingerprint density at radius 2 is 1.77 bits per heavy atom. The lowest BCUT2D eigenvalue weighted by Crippen LogP contribution is -2.45.